The van der Waals surface area contributed by atoms with Crippen molar-refractivity contribution in [1.82, 2.24) is 20.2 Å². The van der Waals surface area contributed by atoms with Gasteiger partial charge in [-0.25, -0.2) is 9.59 Å². The Morgan fingerprint density at radius 3 is 2.73 bits per heavy atom. The number of ether oxygens (including phenoxy) is 3. The number of carbonyl (C=O) groups is 2. The smallest absolute Gasteiger partial charge is 0.338 e. The summed E-state index contributed by atoms with van der Waals surface area (Å²) >= 11 is 0. The fourth-order valence-corrected chi connectivity index (χ4v) is 3.64. The van der Waals surface area contributed by atoms with Crippen LogP contribution in [0.3, 0.4) is 0 Å². The molecule has 0 fully saturated rings. The monoisotopic (exact) mass is 449 g/mol. The van der Waals surface area contributed by atoms with E-state index >= 15 is 0 Å². The highest BCUT2D eigenvalue weighted by atomic mass is 16.5. The van der Waals surface area contributed by atoms with Crippen molar-refractivity contribution in [3.05, 3.63) is 76.5 Å². The van der Waals surface area contributed by atoms with Gasteiger partial charge in [-0.2, -0.15) is 4.68 Å². The average Bonchev–Trinajstić information content (AvgIpc) is 3.29. The number of carbonyl (C=O) groups excluding carboxylic acids is 2. The molecule has 0 saturated carbocycles. The molecule has 4 rings (SSSR count). The fourth-order valence-electron chi connectivity index (χ4n) is 3.64. The number of esters is 2. The van der Waals surface area contributed by atoms with Crippen LogP contribution in [0.25, 0.3) is 0 Å². The molecule has 1 aliphatic rings. The van der Waals surface area contributed by atoms with Gasteiger partial charge < -0.3 is 19.5 Å². The van der Waals surface area contributed by atoms with Gasteiger partial charge in [0.1, 0.15) is 18.4 Å². The van der Waals surface area contributed by atoms with E-state index in [0.29, 0.717) is 28.5 Å². The second-order valence-electron chi connectivity index (χ2n) is 7.29. The van der Waals surface area contributed by atoms with Gasteiger partial charge in [-0.05, 0) is 59.7 Å². The summed E-state index contributed by atoms with van der Waals surface area (Å²) in [6, 6.07) is 13.8. The van der Waals surface area contributed by atoms with Crippen molar-refractivity contribution in [1.29, 1.82) is 0 Å². The molecule has 170 valence electrons. The molecule has 10 heteroatoms. The maximum atomic E-state index is 12.8. The average molecular weight is 449 g/mol. The predicted octanol–water partition coefficient (Wildman–Crippen LogP) is 2.89. The summed E-state index contributed by atoms with van der Waals surface area (Å²) in [4.78, 5) is 24.5. The first-order valence-corrected chi connectivity index (χ1v) is 10.3. The molecular weight excluding hydrogens is 426 g/mol. The molecule has 1 aliphatic heterocycles. The number of aromatic nitrogens is 4. The zero-order valence-electron chi connectivity index (χ0n) is 18.4. The molecule has 0 bridgehead atoms. The molecule has 1 atom stereocenters. The number of nitrogens with one attached hydrogen (secondary N) is 1. The summed E-state index contributed by atoms with van der Waals surface area (Å²) in [6.07, 6.45) is 0. The van der Waals surface area contributed by atoms with Crippen LogP contribution in [-0.4, -0.2) is 45.9 Å². The predicted molar refractivity (Wildman–Crippen MR) is 117 cm³/mol. The summed E-state index contributed by atoms with van der Waals surface area (Å²) in [7, 11) is 1.34. The molecule has 33 heavy (non-hydrogen) atoms. The van der Waals surface area contributed by atoms with Crippen LogP contribution < -0.4 is 10.1 Å². The van der Waals surface area contributed by atoms with E-state index in [9.17, 15) is 9.59 Å². The molecule has 2 heterocycles. The van der Waals surface area contributed by atoms with E-state index in [-0.39, 0.29) is 13.2 Å². The summed E-state index contributed by atoms with van der Waals surface area (Å²) in [5.41, 5.74) is 3.06. The van der Waals surface area contributed by atoms with Crippen LogP contribution in [0.5, 0.6) is 5.75 Å². The third kappa shape index (κ3) is 4.54. The Hall–Kier alpha value is -4.21. The van der Waals surface area contributed by atoms with Crippen LogP contribution >= 0.6 is 0 Å². The first-order valence-electron chi connectivity index (χ1n) is 10.3. The third-order valence-corrected chi connectivity index (χ3v) is 5.14. The van der Waals surface area contributed by atoms with Gasteiger partial charge in [0.05, 0.1) is 24.9 Å². The highest BCUT2D eigenvalue weighted by molar-refractivity contribution is 5.92. The number of allylic oxidation sites excluding steroid dienone is 1. The van der Waals surface area contributed by atoms with Gasteiger partial charge in [0.15, 0.2) is 0 Å². The molecule has 1 N–H and O–H groups in total. The topological polar surface area (TPSA) is 117 Å². The SMILES string of the molecule is CCOC(=O)C1=C(C)Nc2nnnn2C1c1cccc(OCc2cccc(C(=O)OC)c2)c1. The van der Waals surface area contributed by atoms with Gasteiger partial charge in [-0.3, -0.25) is 0 Å². The van der Waals surface area contributed by atoms with E-state index in [4.69, 9.17) is 14.2 Å². The number of anilines is 1. The lowest BCUT2D eigenvalue weighted by Crippen LogP contribution is -2.29. The van der Waals surface area contributed by atoms with Crippen molar-refractivity contribution >= 4 is 17.9 Å². The number of methoxy groups -OCH3 is 1. The second kappa shape index (κ2) is 9.51. The van der Waals surface area contributed by atoms with Gasteiger partial charge in [0, 0.05) is 5.70 Å². The Morgan fingerprint density at radius 2 is 1.94 bits per heavy atom. The van der Waals surface area contributed by atoms with Crippen molar-refractivity contribution in [3.63, 3.8) is 0 Å². The van der Waals surface area contributed by atoms with Crippen LogP contribution in [-0.2, 0) is 20.9 Å². The van der Waals surface area contributed by atoms with E-state index in [1.807, 2.05) is 30.3 Å². The van der Waals surface area contributed by atoms with E-state index < -0.39 is 18.0 Å². The Bertz CT molecular complexity index is 1220. The molecule has 2 aromatic carbocycles. The number of nitrogens with zero attached hydrogens (tertiary/aromatic N) is 4. The molecule has 1 unspecified atom stereocenters. The Morgan fingerprint density at radius 1 is 1.12 bits per heavy atom. The van der Waals surface area contributed by atoms with Crippen LogP contribution in [0.2, 0.25) is 0 Å². The number of hydrogen-bond acceptors (Lipinski definition) is 9. The molecule has 0 radical (unpaired) electrons. The zero-order chi connectivity index (χ0) is 23.4. The van der Waals surface area contributed by atoms with E-state index in [1.165, 1.54) is 11.8 Å². The quantitative estimate of drug-likeness (QED) is 0.543. The van der Waals surface area contributed by atoms with Crippen molar-refractivity contribution in [2.45, 2.75) is 26.5 Å². The van der Waals surface area contributed by atoms with Crippen molar-refractivity contribution in [2.75, 3.05) is 19.0 Å². The van der Waals surface area contributed by atoms with E-state index in [2.05, 4.69) is 20.8 Å². The van der Waals surface area contributed by atoms with Gasteiger partial charge in [-0.15, -0.1) is 0 Å². The number of fused-ring (bicyclic) bond motifs is 1. The first-order chi connectivity index (χ1) is 16.0. The molecule has 0 saturated heterocycles. The molecule has 0 amide bonds. The molecule has 10 nitrogen and oxygen atoms in total. The van der Waals surface area contributed by atoms with Gasteiger partial charge in [0.25, 0.3) is 0 Å². The normalized spacial score (nSPS) is 14.8. The molecule has 0 spiro atoms. The van der Waals surface area contributed by atoms with Crippen LogP contribution in [0.1, 0.15) is 41.4 Å². The number of benzene rings is 2. The lowest BCUT2D eigenvalue weighted by atomic mass is 9.95. The Labute approximate surface area is 190 Å². The summed E-state index contributed by atoms with van der Waals surface area (Å²) < 4.78 is 17.6. The molecular formula is C23H23N5O5. The number of hydrogen-bond donors (Lipinski definition) is 1. The number of rotatable bonds is 7. The minimum Gasteiger partial charge on any atom is -0.489 e. The molecule has 0 aliphatic carbocycles. The fraction of sp³-hybridized carbons (Fsp3) is 0.261. The summed E-state index contributed by atoms with van der Waals surface area (Å²) in [5, 5.41) is 14.8. The van der Waals surface area contributed by atoms with Crippen molar-refractivity contribution < 1.29 is 23.8 Å². The standard InChI is InChI=1S/C23H23N5O5/c1-4-32-22(30)19-14(2)24-23-25-26-27-28(23)20(19)16-8-6-10-18(12-16)33-13-15-7-5-9-17(11-15)21(29)31-3/h5-12,20H,4,13H2,1-3H3,(H,24,25,27). The maximum absolute atomic E-state index is 12.8. The highest BCUT2D eigenvalue weighted by Crippen LogP contribution is 2.36. The molecule has 3 aromatic rings. The lowest BCUT2D eigenvalue weighted by molar-refractivity contribution is -0.139. The third-order valence-electron chi connectivity index (χ3n) is 5.14. The number of tetrazole rings is 1. The Kier molecular flexibility index (Phi) is 6.34. The van der Waals surface area contributed by atoms with Gasteiger partial charge >= 0.3 is 11.9 Å². The van der Waals surface area contributed by atoms with Crippen LogP contribution in [0.4, 0.5) is 5.95 Å². The largest absolute Gasteiger partial charge is 0.489 e. The maximum Gasteiger partial charge on any atom is 0.338 e. The highest BCUT2D eigenvalue weighted by Gasteiger charge is 2.35. The van der Waals surface area contributed by atoms with Gasteiger partial charge in [0.2, 0.25) is 5.95 Å². The second-order valence-corrected chi connectivity index (χ2v) is 7.29. The van der Waals surface area contributed by atoms with E-state index in [0.717, 1.165) is 11.1 Å². The summed E-state index contributed by atoms with van der Waals surface area (Å²) in [5.74, 6) is 0.164. The van der Waals surface area contributed by atoms with Crippen LogP contribution in [0.15, 0.2) is 59.8 Å². The van der Waals surface area contributed by atoms with E-state index in [1.54, 1.807) is 32.0 Å². The first kappa shape index (κ1) is 22.0. The summed E-state index contributed by atoms with van der Waals surface area (Å²) in [6.45, 7) is 4.03. The van der Waals surface area contributed by atoms with Crippen molar-refractivity contribution in [3.8, 4) is 5.75 Å². The Balaban J connectivity index is 1.61. The zero-order valence-corrected chi connectivity index (χ0v) is 18.4. The molecule has 1 aromatic heterocycles. The minimum absolute atomic E-state index is 0.246. The minimum atomic E-state index is -0.582. The van der Waals surface area contributed by atoms with Gasteiger partial charge in [-0.1, -0.05) is 29.4 Å². The van der Waals surface area contributed by atoms with Crippen LogP contribution in [0, 0.1) is 0 Å². The van der Waals surface area contributed by atoms with Crippen molar-refractivity contribution in [2.24, 2.45) is 0 Å². The lowest BCUT2D eigenvalue weighted by Gasteiger charge is -2.27.